The van der Waals surface area contributed by atoms with Crippen LogP contribution < -0.4 is 21.7 Å². The number of hydrogen-bond acceptors (Lipinski definition) is 6. The molecule has 10 nitrogen and oxygen atoms in total. The molecule has 10 heteroatoms. The molecule has 0 aliphatic carbocycles. The van der Waals surface area contributed by atoms with Gasteiger partial charge in [0.1, 0.15) is 17.7 Å². The summed E-state index contributed by atoms with van der Waals surface area (Å²) in [4.78, 5) is 52.9. The smallest absolute Gasteiger partial charge is 0.407 e. The SMILES string of the molecule is CC(C)CC(NC(=O)C(Cc1ccccc1)C[C@@H](O)[C@H](Cc1ccccc1)NC(=O)OC(C)(C)C)C(=O)NC(Cc1ccccc1)C(N)=O. The van der Waals surface area contributed by atoms with E-state index in [1.807, 2.05) is 105 Å². The van der Waals surface area contributed by atoms with E-state index in [4.69, 9.17) is 10.5 Å². The first-order valence-electron chi connectivity index (χ1n) is 16.9. The van der Waals surface area contributed by atoms with Gasteiger partial charge in [-0.3, -0.25) is 14.4 Å². The Kier molecular flexibility index (Phi) is 14.8. The Hall–Kier alpha value is -4.70. The highest BCUT2D eigenvalue weighted by Crippen LogP contribution is 2.20. The second-order valence-corrected chi connectivity index (χ2v) is 14.0. The maximum atomic E-state index is 14.1. The Balaban J connectivity index is 1.85. The third-order valence-corrected chi connectivity index (χ3v) is 7.97. The van der Waals surface area contributed by atoms with Crippen LogP contribution in [0, 0.1) is 11.8 Å². The summed E-state index contributed by atoms with van der Waals surface area (Å²) in [6, 6.07) is 25.4. The third-order valence-electron chi connectivity index (χ3n) is 7.97. The lowest BCUT2D eigenvalue weighted by Crippen LogP contribution is -2.55. The highest BCUT2D eigenvalue weighted by Gasteiger charge is 2.33. The zero-order valence-corrected chi connectivity index (χ0v) is 29.2. The van der Waals surface area contributed by atoms with Gasteiger partial charge in [0, 0.05) is 12.3 Å². The summed E-state index contributed by atoms with van der Waals surface area (Å²) >= 11 is 0. The van der Waals surface area contributed by atoms with Crippen molar-refractivity contribution in [2.24, 2.45) is 17.6 Å². The number of aliphatic hydroxyl groups is 1. The maximum absolute atomic E-state index is 14.1. The number of carbonyl (C=O) groups excluding carboxylic acids is 4. The zero-order valence-electron chi connectivity index (χ0n) is 29.2. The average molecular weight is 673 g/mol. The van der Waals surface area contributed by atoms with Gasteiger partial charge in [-0.25, -0.2) is 4.79 Å². The van der Waals surface area contributed by atoms with Crippen LogP contribution in [-0.2, 0) is 38.4 Å². The van der Waals surface area contributed by atoms with Gasteiger partial charge < -0.3 is 31.5 Å². The summed E-state index contributed by atoms with van der Waals surface area (Å²) in [5.41, 5.74) is 7.51. The van der Waals surface area contributed by atoms with Crippen LogP contribution in [0.3, 0.4) is 0 Å². The number of hydrogen-bond donors (Lipinski definition) is 5. The van der Waals surface area contributed by atoms with Gasteiger partial charge in [-0.05, 0) is 69.1 Å². The number of nitrogens with one attached hydrogen (secondary N) is 3. The minimum absolute atomic E-state index is 0.0119. The number of alkyl carbamates (subject to hydrolysis) is 1. The van der Waals surface area contributed by atoms with Crippen LogP contribution in [0.2, 0.25) is 0 Å². The molecule has 0 aliphatic heterocycles. The lowest BCUT2D eigenvalue weighted by Gasteiger charge is -2.30. The summed E-state index contributed by atoms with van der Waals surface area (Å²) in [7, 11) is 0. The zero-order chi connectivity index (χ0) is 36.0. The number of primary amides is 1. The maximum Gasteiger partial charge on any atom is 0.407 e. The van der Waals surface area contributed by atoms with Gasteiger partial charge in [0.15, 0.2) is 0 Å². The normalized spacial score (nSPS) is 14.5. The standard InChI is InChI=1S/C39H52N4O6/c1-26(2)21-33(37(47)41-32(35(40)45)24-29-19-13-8-14-20-29)42-36(46)30(22-27-15-9-6-10-16-27)25-34(44)31(23-28-17-11-7-12-18-28)43-38(48)49-39(3,4)5/h6-20,26,30-34,44H,21-25H2,1-5H3,(H2,40,45)(H,41,47)(H,42,46)(H,43,48)/t30?,31-,32?,33?,34+/m0/s1. The van der Waals surface area contributed by atoms with Gasteiger partial charge in [0.05, 0.1) is 12.1 Å². The third kappa shape index (κ3) is 14.1. The monoisotopic (exact) mass is 672 g/mol. The molecule has 3 unspecified atom stereocenters. The fourth-order valence-corrected chi connectivity index (χ4v) is 5.59. The lowest BCUT2D eigenvalue weighted by atomic mass is 9.88. The predicted octanol–water partition coefficient (Wildman–Crippen LogP) is 4.48. The topological polar surface area (TPSA) is 160 Å². The predicted molar refractivity (Wildman–Crippen MR) is 190 cm³/mol. The number of carbonyl (C=O) groups is 4. The first kappa shape index (κ1) is 38.7. The van der Waals surface area contributed by atoms with Gasteiger partial charge in [0.25, 0.3) is 0 Å². The van der Waals surface area contributed by atoms with E-state index in [1.54, 1.807) is 20.8 Å². The first-order chi connectivity index (χ1) is 23.2. The minimum Gasteiger partial charge on any atom is -0.444 e. The van der Waals surface area contributed by atoms with Crippen molar-refractivity contribution in [2.75, 3.05) is 0 Å². The quantitative estimate of drug-likeness (QED) is 0.142. The molecule has 0 bridgehead atoms. The minimum atomic E-state index is -1.14. The second-order valence-electron chi connectivity index (χ2n) is 14.0. The Labute approximate surface area is 290 Å². The molecular formula is C39H52N4O6. The largest absolute Gasteiger partial charge is 0.444 e. The number of aliphatic hydroxyl groups excluding tert-OH is 1. The number of rotatable bonds is 17. The van der Waals surface area contributed by atoms with E-state index >= 15 is 0 Å². The number of benzene rings is 3. The summed E-state index contributed by atoms with van der Waals surface area (Å²) in [6.07, 6.45) is -0.731. The highest BCUT2D eigenvalue weighted by atomic mass is 16.6. The highest BCUT2D eigenvalue weighted by molar-refractivity contribution is 5.92. The molecule has 264 valence electrons. The molecule has 0 radical (unpaired) electrons. The van der Waals surface area contributed by atoms with Gasteiger partial charge in [-0.2, -0.15) is 0 Å². The van der Waals surface area contributed by atoms with E-state index in [1.165, 1.54) is 0 Å². The molecule has 3 rings (SSSR count). The van der Waals surface area contributed by atoms with Crippen LogP contribution in [0.5, 0.6) is 0 Å². The molecular weight excluding hydrogens is 620 g/mol. The molecule has 4 amide bonds. The average Bonchev–Trinajstić information content (AvgIpc) is 3.03. The van der Waals surface area contributed by atoms with Crippen LogP contribution >= 0.6 is 0 Å². The molecule has 0 aliphatic rings. The Bertz CT molecular complexity index is 1480. The molecule has 3 aromatic rings. The van der Waals surface area contributed by atoms with Crippen molar-refractivity contribution in [2.45, 2.75) is 96.6 Å². The van der Waals surface area contributed by atoms with Crippen molar-refractivity contribution >= 4 is 23.8 Å². The Morgan fingerprint density at radius 1 is 0.673 bits per heavy atom. The Morgan fingerprint density at radius 2 is 1.14 bits per heavy atom. The second kappa shape index (κ2) is 18.7. The molecule has 0 fully saturated rings. The van der Waals surface area contributed by atoms with E-state index in [-0.39, 0.29) is 25.2 Å². The van der Waals surface area contributed by atoms with Gasteiger partial charge >= 0.3 is 6.09 Å². The van der Waals surface area contributed by atoms with E-state index in [9.17, 15) is 24.3 Å². The van der Waals surface area contributed by atoms with E-state index < -0.39 is 59.6 Å². The molecule has 49 heavy (non-hydrogen) atoms. The molecule has 0 heterocycles. The van der Waals surface area contributed by atoms with Crippen LogP contribution in [-0.4, -0.2) is 58.8 Å². The number of ether oxygens (including phenoxy) is 1. The Morgan fingerprint density at radius 3 is 1.61 bits per heavy atom. The number of amides is 4. The summed E-state index contributed by atoms with van der Waals surface area (Å²) in [5.74, 6) is -2.37. The van der Waals surface area contributed by atoms with Crippen molar-refractivity contribution in [1.29, 1.82) is 0 Å². The molecule has 5 atom stereocenters. The van der Waals surface area contributed by atoms with Crippen molar-refractivity contribution in [1.82, 2.24) is 16.0 Å². The molecule has 0 aromatic heterocycles. The van der Waals surface area contributed by atoms with Crippen LogP contribution in [0.1, 0.15) is 64.2 Å². The van der Waals surface area contributed by atoms with Crippen molar-refractivity contribution in [3.8, 4) is 0 Å². The fourth-order valence-electron chi connectivity index (χ4n) is 5.59. The van der Waals surface area contributed by atoms with Crippen molar-refractivity contribution in [3.05, 3.63) is 108 Å². The lowest BCUT2D eigenvalue weighted by molar-refractivity contribution is -0.133. The molecule has 3 aromatic carbocycles. The van der Waals surface area contributed by atoms with E-state index in [2.05, 4.69) is 16.0 Å². The van der Waals surface area contributed by atoms with Gasteiger partial charge in [0.2, 0.25) is 17.7 Å². The van der Waals surface area contributed by atoms with Crippen LogP contribution in [0.15, 0.2) is 91.0 Å². The first-order valence-corrected chi connectivity index (χ1v) is 16.9. The number of nitrogens with two attached hydrogens (primary N) is 1. The van der Waals surface area contributed by atoms with Crippen LogP contribution in [0.25, 0.3) is 0 Å². The van der Waals surface area contributed by atoms with Crippen molar-refractivity contribution < 1.29 is 29.0 Å². The summed E-state index contributed by atoms with van der Waals surface area (Å²) in [6.45, 7) is 9.14. The molecule has 6 N–H and O–H groups in total. The summed E-state index contributed by atoms with van der Waals surface area (Å²) in [5, 5.41) is 20.1. The summed E-state index contributed by atoms with van der Waals surface area (Å²) < 4.78 is 5.49. The van der Waals surface area contributed by atoms with Crippen molar-refractivity contribution in [3.63, 3.8) is 0 Å². The van der Waals surface area contributed by atoms with E-state index in [0.717, 1.165) is 16.7 Å². The van der Waals surface area contributed by atoms with Crippen LogP contribution in [0.4, 0.5) is 4.79 Å². The molecule has 0 saturated heterocycles. The molecule has 0 saturated carbocycles. The fraction of sp³-hybridized carbons (Fsp3) is 0.436. The van der Waals surface area contributed by atoms with Gasteiger partial charge in [-0.15, -0.1) is 0 Å². The van der Waals surface area contributed by atoms with Gasteiger partial charge in [-0.1, -0.05) is 105 Å². The van der Waals surface area contributed by atoms with E-state index in [0.29, 0.717) is 12.8 Å². The molecule has 0 spiro atoms.